The molecule has 8 heteroatoms. The van der Waals surface area contributed by atoms with Gasteiger partial charge >= 0.3 is 0 Å². The zero-order valence-electron chi connectivity index (χ0n) is 12.7. The zero-order chi connectivity index (χ0) is 17.2. The topological polar surface area (TPSA) is 94.0 Å². The minimum absolute atomic E-state index is 0.154. The van der Waals surface area contributed by atoms with Crippen LogP contribution in [0.2, 0.25) is 0 Å². The summed E-state index contributed by atoms with van der Waals surface area (Å²) in [6.45, 7) is 0. The summed E-state index contributed by atoms with van der Waals surface area (Å²) in [7, 11) is -3.32. The predicted octanol–water partition coefficient (Wildman–Crippen LogP) is 1.92. The minimum atomic E-state index is -3.32. The van der Waals surface area contributed by atoms with E-state index >= 15 is 0 Å². The lowest BCUT2D eigenvalue weighted by Gasteiger charge is -2.07. The monoisotopic (exact) mass is 342 g/mol. The second kappa shape index (κ2) is 6.25. The highest BCUT2D eigenvalue weighted by atomic mass is 32.2. The van der Waals surface area contributed by atoms with Gasteiger partial charge in [-0.3, -0.25) is 4.79 Å². The third-order valence-corrected chi connectivity index (χ3v) is 4.44. The van der Waals surface area contributed by atoms with Crippen molar-refractivity contribution >= 4 is 21.4 Å². The number of carbonyl (C=O) groups excluding carboxylic acids is 1. The molecule has 0 unspecified atom stereocenters. The summed E-state index contributed by atoms with van der Waals surface area (Å²) in [6, 6.07) is 12.9. The Hall–Kier alpha value is -3.00. The van der Waals surface area contributed by atoms with Crippen LogP contribution in [0, 0.1) is 0 Å². The lowest BCUT2D eigenvalue weighted by Crippen LogP contribution is -2.12. The highest BCUT2D eigenvalue weighted by Crippen LogP contribution is 2.16. The normalized spacial score (nSPS) is 11.2. The van der Waals surface area contributed by atoms with Gasteiger partial charge in [0, 0.05) is 17.5 Å². The summed E-state index contributed by atoms with van der Waals surface area (Å²) < 4.78 is 24.7. The van der Waals surface area contributed by atoms with Crippen molar-refractivity contribution in [2.24, 2.45) is 0 Å². The van der Waals surface area contributed by atoms with Crippen molar-refractivity contribution in [3.8, 4) is 5.69 Å². The molecule has 0 saturated heterocycles. The molecule has 24 heavy (non-hydrogen) atoms. The van der Waals surface area contributed by atoms with Crippen molar-refractivity contribution in [3.63, 3.8) is 0 Å². The van der Waals surface area contributed by atoms with Crippen LogP contribution in [0.5, 0.6) is 0 Å². The van der Waals surface area contributed by atoms with Crippen LogP contribution in [0.25, 0.3) is 5.69 Å². The zero-order valence-corrected chi connectivity index (χ0v) is 13.6. The Balaban J connectivity index is 1.78. The summed E-state index contributed by atoms with van der Waals surface area (Å²) in [5, 5.41) is 6.70. The van der Waals surface area contributed by atoms with Gasteiger partial charge in [-0.05, 0) is 42.5 Å². The first-order chi connectivity index (χ1) is 11.4. The molecule has 1 heterocycles. The van der Waals surface area contributed by atoms with Crippen LogP contribution in [0.1, 0.15) is 10.4 Å². The predicted molar refractivity (Wildman–Crippen MR) is 88.9 cm³/mol. The quantitative estimate of drug-likeness (QED) is 0.782. The minimum Gasteiger partial charge on any atom is -0.322 e. The number of carbonyl (C=O) groups is 1. The Morgan fingerprint density at radius 3 is 2.50 bits per heavy atom. The Labute approximate surface area is 138 Å². The van der Waals surface area contributed by atoms with Crippen molar-refractivity contribution in [3.05, 3.63) is 66.7 Å². The van der Waals surface area contributed by atoms with Gasteiger partial charge < -0.3 is 5.32 Å². The smallest absolute Gasteiger partial charge is 0.255 e. The van der Waals surface area contributed by atoms with Crippen molar-refractivity contribution in [2.45, 2.75) is 4.90 Å². The number of rotatable bonds is 4. The third-order valence-electron chi connectivity index (χ3n) is 3.33. The molecule has 0 atom stereocenters. The standard InChI is InChI=1S/C16H14N4O3S/c1-24(22,23)15-4-2-3-13(9-15)19-16(21)12-5-7-14(8-6-12)20-11-17-10-18-20/h2-11H,1H3,(H,19,21). The molecule has 0 fully saturated rings. The molecule has 122 valence electrons. The molecule has 0 radical (unpaired) electrons. The molecule has 0 spiro atoms. The lowest BCUT2D eigenvalue weighted by atomic mass is 10.2. The summed E-state index contributed by atoms with van der Waals surface area (Å²) in [4.78, 5) is 16.3. The van der Waals surface area contributed by atoms with Crippen molar-refractivity contribution in [2.75, 3.05) is 11.6 Å². The number of benzene rings is 2. The van der Waals surface area contributed by atoms with Crippen LogP contribution in [0.15, 0.2) is 66.1 Å². The van der Waals surface area contributed by atoms with Crippen LogP contribution in [-0.4, -0.2) is 35.3 Å². The number of anilines is 1. The van der Waals surface area contributed by atoms with Crippen LogP contribution in [0.4, 0.5) is 5.69 Å². The second-order valence-electron chi connectivity index (χ2n) is 5.14. The highest BCUT2D eigenvalue weighted by molar-refractivity contribution is 7.90. The molecule has 3 rings (SSSR count). The molecule has 0 bridgehead atoms. The van der Waals surface area contributed by atoms with Crippen molar-refractivity contribution in [1.82, 2.24) is 14.8 Å². The molecule has 0 aliphatic rings. The van der Waals surface area contributed by atoms with E-state index in [1.54, 1.807) is 47.4 Å². The lowest BCUT2D eigenvalue weighted by molar-refractivity contribution is 0.102. The van der Waals surface area contributed by atoms with E-state index in [-0.39, 0.29) is 10.8 Å². The van der Waals surface area contributed by atoms with Gasteiger partial charge in [-0.15, -0.1) is 0 Å². The van der Waals surface area contributed by atoms with E-state index in [1.165, 1.54) is 18.5 Å². The van der Waals surface area contributed by atoms with Crippen LogP contribution < -0.4 is 5.32 Å². The van der Waals surface area contributed by atoms with Gasteiger partial charge in [-0.1, -0.05) is 6.07 Å². The van der Waals surface area contributed by atoms with E-state index in [4.69, 9.17) is 0 Å². The fourth-order valence-corrected chi connectivity index (χ4v) is 2.78. The first-order valence-corrected chi connectivity index (χ1v) is 8.89. The van der Waals surface area contributed by atoms with Gasteiger partial charge in [-0.2, -0.15) is 5.10 Å². The first kappa shape index (κ1) is 15.9. The number of aromatic nitrogens is 3. The number of hydrogen-bond acceptors (Lipinski definition) is 5. The Morgan fingerprint density at radius 1 is 1.12 bits per heavy atom. The van der Waals surface area contributed by atoms with Gasteiger partial charge in [0.05, 0.1) is 10.6 Å². The maximum atomic E-state index is 12.3. The van der Waals surface area contributed by atoms with Gasteiger partial charge in [0.2, 0.25) is 0 Å². The molecule has 0 aliphatic carbocycles. The maximum absolute atomic E-state index is 12.3. The fourth-order valence-electron chi connectivity index (χ4n) is 2.11. The number of hydrogen-bond donors (Lipinski definition) is 1. The van der Waals surface area contributed by atoms with E-state index in [1.807, 2.05) is 0 Å². The SMILES string of the molecule is CS(=O)(=O)c1cccc(NC(=O)c2ccc(-n3cncn3)cc2)c1. The summed E-state index contributed by atoms with van der Waals surface area (Å²) in [5.41, 5.74) is 1.65. The number of nitrogens with zero attached hydrogens (tertiary/aromatic N) is 3. The van der Waals surface area contributed by atoms with Crippen molar-refractivity contribution in [1.29, 1.82) is 0 Å². The molecule has 1 N–H and O–H groups in total. The molecule has 2 aromatic carbocycles. The molecule has 0 aliphatic heterocycles. The van der Waals surface area contributed by atoms with Crippen LogP contribution in [0.3, 0.4) is 0 Å². The van der Waals surface area contributed by atoms with E-state index in [2.05, 4.69) is 15.4 Å². The number of nitrogens with one attached hydrogen (secondary N) is 1. The van der Waals surface area contributed by atoms with Crippen LogP contribution >= 0.6 is 0 Å². The molecule has 1 aromatic heterocycles. The van der Waals surface area contributed by atoms with Crippen molar-refractivity contribution < 1.29 is 13.2 Å². The Morgan fingerprint density at radius 2 is 1.88 bits per heavy atom. The third kappa shape index (κ3) is 3.49. The van der Waals surface area contributed by atoms with E-state index in [0.717, 1.165) is 11.9 Å². The molecule has 0 saturated carbocycles. The molecular formula is C16H14N4O3S. The average molecular weight is 342 g/mol. The molecule has 3 aromatic rings. The number of sulfone groups is 1. The first-order valence-electron chi connectivity index (χ1n) is 7.00. The van der Waals surface area contributed by atoms with Gasteiger partial charge in [0.15, 0.2) is 9.84 Å². The molecule has 7 nitrogen and oxygen atoms in total. The van der Waals surface area contributed by atoms with E-state index < -0.39 is 9.84 Å². The van der Waals surface area contributed by atoms with Gasteiger partial charge in [0.1, 0.15) is 12.7 Å². The maximum Gasteiger partial charge on any atom is 0.255 e. The molecular weight excluding hydrogens is 328 g/mol. The Kier molecular flexibility index (Phi) is 4.13. The number of amides is 1. The van der Waals surface area contributed by atoms with E-state index in [9.17, 15) is 13.2 Å². The van der Waals surface area contributed by atoms with E-state index in [0.29, 0.717) is 11.3 Å². The van der Waals surface area contributed by atoms with Crippen LogP contribution in [-0.2, 0) is 9.84 Å². The average Bonchev–Trinajstić information content (AvgIpc) is 3.09. The fraction of sp³-hybridized carbons (Fsp3) is 0.0625. The van der Waals surface area contributed by atoms with Gasteiger partial charge in [-0.25, -0.2) is 18.1 Å². The summed E-state index contributed by atoms with van der Waals surface area (Å²) in [5.74, 6) is -0.328. The van der Waals surface area contributed by atoms with Gasteiger partial charge in [0.25, 0.3) is 5.91 Å². The Bertz CT molecular complexity index is 965. The molecule has 1 amide bonds. The largest absolute Gasteiger partial charge is 0.322 e. The second-order valence-corrected chi connectivity index (χ2v) is 7.16. The summed E-state index contributed by atoms with van der Waals surface area (Å²) >= 11 is 0. The summed E-state index contributed by atoms with van der Waals surface area (Å²) in [6.07, 6.45) is 4.11. The highest BCUT2D eigenvalue weighted by Gasteiger charge is 2.10.